The molecule has 3 nitrogen and oxygen atoms in total. The third-order valence-corrected chi connectivity index (χ3v) is 3.76. The molecule has 1 aromatic carbocycles. The van der Waals surface area contributed by atoms with Crippen molar-refractivity contribution in [3.05, 3.63) is 52.8 Å². The lowest BCUT2D eigenvalue weighted by molar-refractivity contribution is 0.474. The fourth-order valence-corrected chi connectivity index (χ4v) is 2.78. The first-order chi connectivity index (χ1) is 9.13. The highest BCUT2D eigenvalue weighted by molar-refractivity contribution is 5.52. The number of benzene rings is 1. The predicted molar refractivity (Wildman–Crippen MR) is 76.5 cm³/mol. The van der Waals surface area contributed by atoms with Gasteiger partial charge >= 0.3 is 0 Å². The van der Waals surface area contributed by atoms with Gasteiger partial charge in [-0.1, -0.05) is 6.07 Å². The van der Waals surface area contributed by atoms with Gasteiger partial charge in [0.2, 0.25) is 0 Å². The van der Waals surface area contributed by atoms with Crippen molar-refractivity contribution in [1.29, 1.82) is 0 Å². The number of nitrogens with zero attached hydrogens (tertiary/aromatic N) is 1. The third-order valence-electron chi connectivity index (χ3n) is 3.76. The number of hydrogen-bond donors (Lipinski definition) is 2. The molecule has 3 rings (SSSR count). The molecule has 0 radical (unpaired) electrons. The second-order valence-electron chi connectivity index (χ2n) is 5.20. The van der Waals surface area contributed by atoms with Crippen LogP contribution in [0.25, 0.3) is 0 Å². The van der Waals surface area contributed by atoms with Crippen LogP contribution in [-0.4, -0.2) is 10.1 Å². The van der Waals surface area contributed by atoms with Crippen molar-refractivity contribution in [1.82, 2.24) is 4.98 Å². The van der Waals surface area contributed by atoms with Gasteiger partial charge < -0.3 is 10.4 Å². The lowest BCUT2D eigenvalue weighted by atomic mass is 10.1. The number of aromatic hydroxyl groups is 1. The summed E-state index contributed by atoms with van der Waals surface area (Å²) >= 11 is 0. The Kier molecular flexibility index (Phi) is 2.90. The molecule has 1 aromatic heterocycles. The maximum absolute atomic E-state index is 9.52. The minimum absolute atomic E-state index is 0.318. The molecule has 98 valence electrons. The summed E-state index contributed by atoms with van der Waals surface area (Å²) in [6, 6.07) is 10.1. The summed E-state index contributed by atoms with van der Waals surface area (Å²) in [7, 11) is 0. The van der Waals surface area contributed by atoms with E-state index in [1.807, 2.05) is 32.0 Å². The van der Waals surface area contributed by atoms with Gasteiger partial charge in [0.05, 0.1) is 17.4 Å². The van der Waals surface area contributed by atoms with Gasteiger partial charge in [-0.15, -0.1) is 0 Å². The van der Waals surface area contributed by atoms with Crippen molar-refractivity contribution >= 4 is 5.69 Å². The van der Waals surface area contributed by atoms with Crippen LogP contribution in [0.1, 0.15) is 35.0 Å². The van der Waals surface area contributed by atoms with Gasteiger partial charge in [0.25, 0.3) is 0 Å². The normalized spacial score (nSPS) is 17.3. The van der Waals surface area contributed by atoms with E-state index < -0.39 is 0 Å². The van der Waals surface area contributed by atoms with Crippen molar-refractivity contribution in [2.75, 3.05) is 5.32 Å². The van der Waals surface area contributed by atoms with Crippen LogP contribution in [0, 0.1) is 13.8 Å². The summed E-state index contributed by atoms with van der Waals surface area (Å²) in [5, 5.41) is 13.1. The Morgan fingerprint density at radius 2 is 2.05 bits per heavy atom. The van der Waals surface area contributed by atoms with E-state index in [0.717, 1.165) is 29.9 Å². The van der Waals surface area contributed by atoms with Gasteiger partial charge in [0, 0.05) is 5.69 Å². The molecule has 1 heterocycles. The first kappa shape index (κ1) is 12.0. The minimum atomic E-state index is 0.318. The van der Waals surface area contributed by atoms with E-state index in [0.29, 0.717) is 11.8 Å². The number of phenolic OH excluding ortho intramolecular Hbond substituents is 1. The number of pyridine rings is 1. The van der Waals surface area contributed by atoms with Crippen LogP contribution in [-0.2, 0) is 6.42 Å². The maximum Gasteiger partial charge on any atom is 0.115 e. The molecule has 0 saturated heterocycles. The van der Waals surface area contributed by atoms with Gasteiger partial charge in [-0.3, -0.25) is 4.98 Å². The molecule has 1 unspecified atom stereocenters. The second kappa shape index (κ2) is 4.57. The zero-order valence-corrected chi connectivity index (χ0v) is 11.3. The number of anilines is 1. The molecule has 3 heteroatoms. The van der Waals surface area contributed by atoms with Crippen LogP contribution in [0.15, 0.2) is 30.3 Å². The molecule has 1 aliphatic carbocycles. The molecule has 2 aromatic rings. The predicted octanol–water partition coefficient (Wildman–Crippen LogP) is 3.50. The van der Waals surface area contributed by atoms with Crippen LogP contribution < -0.4 is 5.32 Å². The topological polar surface area (TPSA) is 45.1 Å². The zero-order valence-electron chi connectivity index (χ0n) is 11.3. The van der Waals surface area contributed by atoms with Crippen LogP contribution in [0.3, 0.4) is 0 Å². The maximum atomic E-state index is 9.52. The number of rotatable bonds is 2. The lowest BCUT2D eigenvalue weighted by Gasteiger charge is -2.17. The van der Waals surface area contributed by atoms with E-state index in [4.69, 9.17) is 0 Å². The molecule has 0 aliphatic heterocycles. The van der Waals surface area contributed by atoms with Gasteiger partial charge in [-0.25, -0.2) is 0 Å². The monoisotopic (exact) mass is 254 g/mol. The molecule has 1 aliphatic rings. The summed E-state index contributed by atoms with van der Waals surface area (Å²) in [5.74, 6) is 0.354. The Balaban J connectivity index is 1.86. The fraction of sp³-hybridized carbons (Fsp3) is 0.312. The molecule has 0 saturated carbocycles. The van der Waals surface area contributed by atoms with E-state index in [-0.39, 0.29) is 0 Å². The van der Waals surface area contributed by atoms with Crippen molar-refractivity contribution < 1.29 is 5.11 Å². The number of fused-ring (bicyclic) bond motifs is 1. The van der Waals surface area contributed by atoms with Crippen molar-refractivity contribution in [3.63, 3.8) is 0 Å². The molecule has 0 spiro atoms. The Labute approximate surface area is 113 Å². The number of phenols is 1. The SMILES string of the molecule is Cc1ccc(NC2CCc3cc(O)ccc32)c(C)n1. The summed E-state index contributed by atoms with van der Waals surface area (Å²) in [5.41, 5.74) is 5.71. The number of hydrogen-bond acceptors (Lipinski definition) is 3. The Morgan fingerprint density at radius 3 is 2.84 bits per heavy atom. The van der Waals surface area contributed by atoms with Crippen LogP contribution in [0.2, 0.25) is 0 Å². The van der Waals surface area contributed by atoms with Gasteiger partial charge in [0.15, 0.2) is 0 Å². The Hall–Kier alpha value is -2.03. The molecule has 19 heavy (non-hydrogen) atoms. The summed E-state index contributed by atoms with van der Waals surface area (Å²) in [4.78, 5) is 4.48. The van der Waals surface area contributed by atoms with E-state index >= 15 is 0 Å². The molecule has 0 amide bonds. The fourth-order valence-electron chi connectivity index (χ4n) is 2.78. The highest BCUT2D eigenvalue weighted by Crippen LogP contribution is 2.35. The third kappa shape index (κ3) is 2.28. The zero-order chi connectivity index (χ0) is 13.4. The van der Waals surface area contributed by atoms with Crippen LogP contribution >= 0.6 is 0 Å². The highest BCUT2D eigenvalue weighted by atomic mass is 16.3. The number of aromatic nitrogens is 1. The molecule has 0 fully saturated rings. The van der Waals surface area contributed by atoms with E-state index in [9.17, 15) is 5.11 Å². The minimum Gasteiger partial charge on any atom is -0.508 e. The Bertz CT molecular complexity index is 622. The van der Waals surface area contributed by atoms with Crippen LogP contribution in [0.5, 0.6) is 5.75 Å². The molecular weight excluding hydrogens is 236 g/mol. The standard InChI is InChI=1S/C16H18N2O/c1-10-3-7-15(11(2)17-10)18-16-8-4-12-9-13(19)5-6-14(12)16/h3,5-7,9,16,18-19H,4,8H2,1-2H3. The van der Waals surface area contributed by atoms with Gasteiger partial charge in [-0.05, 0) is 62.1 Å². The highest BCUT2D eigenvalue weighted by Gasteiger charge is 2.22. The van der Waals surface area contributed by atoms with Crippen molar-refractivity contribution in [2.24, 2.45) is 0 Å². The summed E-state index contributed by atoms with van der Waals surface area (Å²) in [6.07, 6.45) is 2.08. The van der Waals surface area contributed by atoms with E-state index in [2.05, 4.69) is 16.4 Å². The number of aryl methyl sites for hydroxylation is 3. The molecule has 1 atom stereocenters. The second-order valence-corrected chi connectivity index (χ2v) is 5.20. The summed E-state index contributed by atoms with van der Waals surface area (Å²) < 4.78 is 0. The summed E-state index contributed by atoms with van der Waals surface area (Å²) in [6.45, 7) is 4.03. The van der Waals surface area contributed by atoms with E-state index in [1.165, 1.54) is 11.1 Å². The van der Waals surface area contributed by atoms with Crippen molar-refractivity contribution in [2.45, 2.75) is 32.7 Å². The quantitative estimate of drug-likeness (QED) is 0.862. The van der Waals surface area contributed by atoms with Crippen molar-refractivity contribution in [3.8, 4) is 5.75 Å². The van der Waals surface area contributed by atoms with Crippen LogP contribution in [0.4, 0.5) is 5.69 Å². The largest absolute Gasteiger partial charge is 0.508 e. The first-order valence-electron chi connectivity index (χ1n) is 6.66. The first-order valence-corrected chi connectivity index (χ1v) is 6.66. The molecule has 2 N–H and O–H groups in total. The average molecular weight is 254 g/mol. The number of nitrogens with one attached hydrogen (secondary N) is 1. The Morgan fingerprint density at radius 1 is 1.21 bits per heavy atom. The van der Waals surface area contributed by atoms with E-state index in [1.54, 1.807) is 6.07 Å². The molecule has 0 bridgehead atoms. The molecular formula is C16H18N2O. The smallest absolute Gasteiger partial charge is 0.115 e. The lowest BCUT2D eigenvalue weighted by Crippen LogP contribution is -2.09. The van der Waals surface area contributed by atoms with Gasteiger partial charge in [-0.2, -0.15) is 0 Å². The van der Waals surface area contributed by atoms with Gasteiger partial charge in [0.1, 0.15) is 5.75 Å². The average Bonchev–Trinajstić information content (AvgIpc) is 2.75.